The van der Waals surface area contributed by atoms with Crippen LogP contribution in [0.25, 0.3) is 0 Å². The number of Topliss-reactive ketones (excluding diaryl/α,β-unsaturated/α-hetero) is 1. The summed E-state index contributed by atoms with van der Waals surface area (Å²) < 4.78 is 39.8. The Kier molecular flexibility index (Phi) is 6.07. The summed E-state index contributed by atoms with van der Waals surface area (Å²) in [6.45, 7) is 2.84. The van der Waals surface area contributed by atoms with Gasteiger partial charge < -0.3 is 4.90 Å². The Balaban J connectivity index is 1.56. The molecule has 1 aliphatic heterocycles. The molecule has 0 saturated carbocycles. The topological polar surface area (TPSA) is 58.4 Å². The van der Waals surface area contributed by atoms with Crippen LogP contribution in [0.2, 0.25) is 0 Å². The van der Waals surface area contributed by atoms with Crippen molar-refractivity contribution in [3.8, 4) is 0 Å². The lowest BCUT2D eigenvalue weighted by Crippen LogP contribution is -2.46. The van der Waals surface area contributed by atoms with Crippen molar-refractivity contribution in [2.45, 2.75) is 38.5 Å². The number of rotatable bonds is 4. The van der Waals surface area contributed by atoms with Crippen molar-refractivity contribution >= 4 is 11.8 Å². The molecular formula is C20H23F3N4O2. The van der Waals surface area contributed by atoms with Crippen molar-refractivity contribution in [3.05, 3.63) is 53.3 Å². The zero-order valence-corrected chi connectivity index (χ0v) is 16.3. The Labute approximate surface area is 166 Å². The van der Waals surface area contributed by atoms with Gasteiger partial charge in [0.25, 0.3) is 0 Å². The van der Waals surface area contributed by atoms with Crippen LogP contribution in [0.5, 0.6) is 0 Å². The van der Waals surface area contributed by atoms with E-state index in [0.29, 0.717) is 38.0 Å². The highest BCUT2D eigenvalue weighted by atomic mass is 19.4. The Morgan fingerprint density at radius 2 is 1.90 bits per heavy atom. The second kappa shape index (κ2) is 8.36. The van der Waals surface area contributed by atoms with Gasteiger partial charge in [0.1, 0.15) is 5.69 Å². The van der Waals surface area contributed by atoms with Crippen LogP contribution in [0.1, 0.15) is 41.4 Å². The molecule has 0 atom stereocenters. The average Bonchev–Trinajstić information content (AvgIpc) is 3.17. The lowest BCUT2D eigenvalue weighted by molar-refractivity contribution is -0.137. The summed E-state index contributed by atoms with van der Waals surface area (Å²) in [5.41, 5.74) is 0.205. The van der Waals surface area contributed by atoms with Crippen LogP contribution in [0, 0.1) is 0 Å². The first-order valence-corrected chi connectivity index (χ1v) is 9.37. The fourth-order valence-electron chi connectivity index (χ4n) is 3.52. The number of alkyl halides is 3. The Morgan fingerprint density at radius 1 is 1.21 bits per heavy atom. The summed E-state index contributed by atoms with van der Waals surface area (Å²) in [7, 11) is 1.88. The molecule has 1 aliphatic rings. The van der Waals surface area contributed by atoms with Crippen LogP contribution >= 0.6 is 0 Å². The highest BCUT2D eigenvalue weighted by Gasteiger charge is 2.31. The summed E-state index contributed by atoms with van der Waals surface area (Å²) >= 11 is 0. The number of nitrogens with zero attached hydrogens (tertiary/aromatic N) is 4. The second-order valence-corrected chi connectivity index (χ2v) is 7.32. The largest absolute Gasteiger partial charge is 0.416 e. The number of aromatic nitrogens is 2. The highest BCUT2D eigenvalue weighted by Crippen LogP contribution is 2.30. The van der Waals surface area contributed by atoms with Gasteiger partial charge in [-0.3, -0.25) is 9.69 Å². The monoisotopic (exact) mass is 408 g/mol. The van der Waals surface area contributed by atoms with Gasteiger partial charge in [-0.25, -0.2) is 4.79 Å². The third-order valence-corrected chi connectivity index (χ3v) is 5.19. The molecule has 9 heteroatoms. The van der Waals surface area contributed by atoms with Crippen LogP contribution in [0.15, 0.2) is 36.5 Å². The minimum absolute atomic E-state index is 0.166. The number of piperidine rings is 1. The van der Waals surface area contributed by atoms with Crippen molar-refractivity contribution < 1.29 is 22.8 Å². The molecule has 1 saturated heterocycles. The molecule has 0 bridgehead atoms. The number of halogens is 3. The van der Waals surface area contributed by atoms with Gasteiger partial charge in [0, 0.05) is 38.8 Å². The Morgan fingerprint density at radius 3 is 2.48 bits per heavy atom. The van der Waals surface area contributed by atoms with Crippen LogP contribution in [-0.2, 0) is 12.7 Å². The first kappa shape index (κ1) is 21.0. The van der Waals surface area contributed by atoms with E-state index in [1.807, 2.05) is 11.9 Å². The van der Waals surface area contributed by atoms with Gasteiger partial charge in [-0.1, -0.05) is 18.2 Å². The number of hydrogen-bond acceptors (Lipinski definition) is 4. The summed E-state index contributed by atoms with van der Waals surface area (Å²) in [6.07, 6.45) is -1.45. The van der Waals surface area contributed by atoms with E-state index in [-0.39, 0.29) is 23.6 Å². The van der Waals surface area contributed by atoms with Crippen LogP contribution in [-0.4, -0.2) is 57.6 Å². The molecular weight excluding hydrogens is 385 g/mol. The highest BCUT2D eigenvalue weighted by molar-refractivity contribution is 5.92. The van der Waals surface area contributed by atoms with Crippen molar-refractivity contribution in [2.75, 3.05) is 20.1 Å². The minimum atomic E-state index is -4.35. The lowest BCUT2D eigenvalue weighted by Gasteiger charge is -2.36. The molecule has 1 aromatic heterocycles. The van der Waals surface area contributed by atoms with E-state index < -0.39 is 11.7 Å². The molecule has 0 aliphatic carbocycles. The maximum Gasteiger partial charge on any atom is 0.416 e. The molecule has 6 nitrogen and oxygen atoms in total. The molecule has 3 rings (SSSR count). The molecule has 1 fully saturated rings. The smallest absolute Gasteiger partial charge is 0.323 e. The van der Waals surface area contributed by atoms with E-state index in [1.165, 1.54) is 36.0 Å². The van der Waals surface area contributed by atoms with Crippen molar-refractivity contribution in [3.63, 3.8) is 0 Å². The molecule has 156 valence electrons. The third-order valence-electron chi connectivity index (χ3n) is 5.19. The van der Waals surface area contributed by atoms with E-state index in [1.54, 1.807) is 11.0 Å². The number of benzene rings is 1. The first-order valence-electron chi connectivity index (χ1n) is 9.37. The molecule has 2 aromatic rings. The SMILES string of the molecule is CC(=O)c1ccn(C(=O)N2CCC(N(C)Cc3cccc(C(F)(F)F)c3)CC2)n1. The summed E-state index contributed by atoms with van der Waals surface area (Å²) in [5, 5.41) is 4.00. The summed E-state index contributed by atoms with van der Waals surface area (Å²) in [6, 6.07) is 6.76. The molecule has 1 aromatic carbocycles. The van der Waals surface area contributed by atoms with Gasteiger partial charge >= 0.3 is 12.2 Å². The van der Waals surface area contributed by atoms with E-state index in [4.69, 9.17) is 0 Å². The molecule has 29 heavy (non-hydrogen) atoms. The lowest BCUT2D eigenvalue weighted by atomic mass is 10.0. The molecule has 0 spiro atoms. The molecule has 0 radical (unpaired) electrons. The maximum atomic E-state index is 12.9. The number of amides is 1. The Hall–Kier alpha value is -2.68. The predicted octanol–water partition coefficient (Wildman–Crippen LogP) is 3.67. The zero-order valence-electron chi connectivity index (χ0n) is 16.3. The van der Waals surface area contributed by atoms with E-state index >= 15 is 0 Å². The van der Waals surface area contributed by atoms with E-state index in [2.05, 4.69) is 5.10 Å². The van der Waals surface area contributed by atoms with Crippen molar-refractivity contribution in [1.29, 1.82) is 0 Å². The van der Waals surface area contributed by atoms with E-state index in [0.717, 1.165) is 6.07 Å². The third kappa shape index (κ3) is 5.03. The van der Waals surface area contributed by atoms with Gasteiger partial charge in [0.2, 0.25) is 0 Å². The average molecular weight is 408 g/mol. The van der Waals surface area contributed by atoms with Crippen molar-refractivity contribution in [2.24, 2.45) is 0 Å². The van der Waals surface area contributed by atoms with Crippen LogP contribution in [0.4, 0.5) is 18.0 Å². The van der Waals surface area contributed by atoms with E-state index in [9.17, 15) is 22.8 Å². The number of carbonyl (C=O) groups is 2. The number of carbonyl (C=O) groups excluding carboxylic acids is 2. The molecule has 0 unspecified atom stereocenters. The number of ketones is 1. The Bertz CT molecular complexity index is 886. The minimum Gasteiger partial charge on any atom is -0.323 e. The van der Waals surface area contributed by atoms with Gasteiger partial charge in [0.05, 0.1) is 5.56 Å². The van der Waals surface area contributed by atoms with Crippen molar-refractivity contribution in [1.82, 2.24) is 19.6 Å². The standard InChI is InChI=1S/C20H23F3N4O2/c1-14(28)18-8-11-27(24-18)19(29)26-9-6-17(7-10-26)25(2)13-15-4-3-5-16(12-15)20(21,22)23/h3-5,8,11-12,17H,6-7,9-10,13H2,1-2H3. The number of likely N-dealkylation sites (tertiary alicyclic amines) is 1. The predicted molar refractivity (Wildman–Crippen MR) is 101 cm³/mol. The molecule has 0 N–H and O–H groups in total. The quantitative estimate of drug-likeness (QED) is 0.725. The van der Waals surface area contributed by atoms with Gasteiger partial charge in [-0.2, -0.15) is 23.0 Å². The van der Waals surface area contributed by atoms with Gasteiger partial charge in [-0.15, -0.1) is 0 Å². The zero-order chi connectivity index (χ0) is 21.2. The van der Waals surface area contributed by atoms with Crippen LogP contribution in [0.3, 0.4) is 0 Å². The second-order valence-electron chi connectivity index (χ2n) is 7.32. The first-order chi connectivity index (χ1) is 13.6. The normalized spacial score (nSPS) is 15.7. The maximum absolute atomic E-state index is 12.9. The van der Waals surface area contributed by atoms with Gasteiger partial charge in [-0.05, 0) is 37.6 Å². The van der Waals surface area contributed by atoms with Crippen LogP contribution < -0.4 is 0 Å². The molecule has 2 heterocycles. The molecule has 1 amide bonds. The van der Waals surface area contributed by atoms with Gasteiger partial charge in [0.15, 0.2) is 5.78 Å². The summed E-state index contributed by atoms with van der Waals surface area (Å²) in [4.78, 5) is 27.6. The fraction of sp³-hybridized carbons (Fsp3) is 0.450. The fourth-order valence-corrected chi connectivity index (χ4v) is 3.52. The summed E-state index contributed by atoms with van der Waals surface area (Å²) in [5.74, 6) is -0.202. The number of hydrogen-bond donors (Lipinski definition) is 0.